The molecule has 0 aliphatic carbocycles. The van der Waals surface area contributed by atoms with E-state index in [4.69, 9.17) is 56.7 Å². The van der Waals surface area contributed by atoms with E-state index in [1.807, 2.05) is 125 Å². The SMILES string of the molecule is Cc1c(CO)cccc1-c1cccc(CO)c1C.Cc1nc(Cl)ccc1C=O.Cc1nc(OCc2cccc(-c3cccc(COc4ccc(C=O)c(C)n4)c3C)c2C)ccc1C=O.Cc1nc(OCc2cccc(-c3cccc(COc4ccc(CNC[C@@H](O)CC(=O)O)c(C)n4)c3C)c2C)ccc1CNC[C@@H](O)CC(=O)O.NC[C@@H](O)CC(=O)O. The Hall–Kier alpha value is -12.3. The number of rotatable bonds is 35. The average Bonchev–Trinajstić information content (AvgIpc) is 0.806. The van der Waals surface area contributed by atoms with E-state index in [1.54, 1.807) is 57.2 Å². The summed E-state index contributed by atoms with van der Waals surface area (Å²) in [6.07, 6.45) is -1.33. The fourth-order valence-electron chi connectivity index (χ4n) is 12.8. The van der Waals surface area contributed by atoms with Crippen LogP contribution in [0.5, 0.6) is 23.5 Å². The van der Waals surface area contributed by atoms with Crippen molar-refractivity contribution in [3.05, 3.63) is 298 Å². The van der Waals surface area contributed by atoms with Crippen LogP contribution in [0.25, 0.3) is 33.4 Å². The number of aryl methyl sites for hydroxylation is 5. The van der Waals surface area contributed by atoms with Crippen molar-refractivity contribution in [2.45, 2.75) is 166 Å². The molecule has 0 aliphatic heterocycles. The van der Waals surface area contributed by atoms with Crippen molar-refractivity contribution in [3.63, 3.8) is 0 Å². The molecule has 5 heterocycles. The largest absolute Gasteiger partial charge is 0.481 e. The third-order valence-electron chi connectivity index (χ3n) is 20.3. The van der Waals surface area contributed by atoms with Crippen molar-refractivity contribution >= 4 is 48.4 Å². The van der Waals surface area contributed by atoms with Gasteiger partial charge in [0, 0.05) is 90.8 Å². The van der Waals surface area contributed by atoms with E-state index < -0.39 is 36.2 Å². The third kappa shape index (κ3) is 29.2. The molecule has 0 spiro atoms. The number of halogens is 1. The summed E-state index contributed by atoms with van der Waals surface area (Å²) < 4.78 is 24.1. The standard InChI is InChI=1S/C38H46N4O8.C30H28N2O4.C16H18O2.C7H6ClNO.C4H9NO3/c1-23-29(21-49-35-13-11-27(25(3)41-35)17-39-19-31(43)15-37(45)46)7-5-9-33(23)34-10-6-8-30(24(34)2)22-50-36-14-12-28(26(4)42-36)18-40-20-32(44)16-38(47)48;1-19-25(17-35-29-13-11-23(15-33)21(3)31-29)7-5-9-27(19)28-10-6-8-26(20(28)2)18-36-30-14-12-24(16-34)22(4)32-30;1-11-13(9-17)5-3-7-15(11)16-8-4-6-14(10-18)12(16)2;1-5-6(4-10)2-3-7(8)9-5;5-2-3(6)1-4(7)8/h5-14,31-32,39-40,43-44H,15-22H2,1-4H3,(H,45,46)(H,47,48);5-16H,17-18H2,1-4H3;3-8,17-18H,9-10H2,1-2H3;2-4H,1H3;3,6H,1-2,5H2,(H,7,8)/t31-,32-;;;;3-/m0...0/s1. The van der Waals surface area contributed by atoms with Crippen LogP contribution in [0, 0.1) is 76.2 Å². The summed E-state index contributed by atoms with van der Waals surface area (Å²) in [5.74, 6) is -1.12. The summed E-state index contributed by atoms with van der Waals surface area (Å²) in [5, 5.41) is 78.8. The molecule has 0 saturated heterocycles. The van der Waals surface area contributed by atoms with Crippen molar-refractivity contribution in [2.24, 2.45) is 5.73 Å². The number of aliphatic hydroxyl groups excluding tert-OH is 5. The molecule has 27 heteroatoms. The van der Waals surface area contributed by atoms with Crippen LogP contribution >= 0.6 is 11.6 Å². The van der Waals surface area contributed by atoms with Gasteiger partial charge in [-0.05, 0) is 212 Å². The zero-order chi connectivity index (χ0) is 89.1. The van der Waals surface area contributed by atoms with Crippen LogP contribution in [0.15, 0.2) is 170 Å². The number of nitrogens with one attached hydrogen (secondary N) is 2. The number of carboxylic acid groups (broad SMARTS) is 3. The van der Waals surface area contributed by atoms with Gasteiger partial charge in [-0.2, -0.15) is 0 Å². The smallest absolute Gasteiger partial charge is 0.306 e. The van der Waals surface area contributed by atoms with E-state index in [0.29, 0.717) is 102 Å². The Balaban J connectivity index is 0.000000244. The number of nitrogens with two attached hydrogens (primary N) is 1. The molecule has 0 fully saturated rings. The number of carbonyl (C=O) groups excluding carboxylic acids is 3. The molecule has 0 unspecified atom stereocenters. The molecular weight excluding hydrogens is 1580 g/mol. The molecule has 12 N–H and O–H groups in total. The zero-order valence-electron chi connectivity index (χ0n) is 70.4. The second kappa shape index (κ2) is 48.8. The Labute approximate surface area is 715 Å². The van der Waals surface area contributed by atoms with Gasteiger partial charge in [0.2, 0.25) is 23.5 Å². The van der Waals surface area contributed by atoms with Gasteiger partial charge in [0.05, 0.1) is 62.2 Å². The summed E-state index contributed by atoms with van der Waals surface area (Å²) in [6, 6.07) is 54.1. The number of hydrogen-bond acceptors (Lipinski definition) is 23. The fraction of sp³-hybridized carbons (Fsp3) is 0.295. The highest BCUT2D eigenvalue weighted by Gasteiger charge is 2.19. The van der Waals surface area contributed by atoms with Crippen molar-refractivity contribution in [3.8, 4) is 56.9 Å². The normalized spacial score (nSPS) is 11.4. The lowest BCUT2D eigenvalue weighted by molar-refractivity contribution is -0.140. The molecule has 26 nitrogen and oxygen atoms in total. The molecule has 0 radical (unpaired) electrons. The maximum atomic E-state index is 11.0. The number of aliphatic hydroxyl groups is 5. The minimum absolute atomic E-state index is 0.00625. The first-order valence-electron chi connectivity index (χ1n) is 39.3. The minimum Gasteiger partial charge on any atom is -0.481 e. The lowest BCUT2D eigenvalue weighted by Gasteiger charge is -2.17. The fourth-order valence-corrected chi connectivity index (χ4v) is 13.0. The summed E-state index contributed by atoms with van der Waals surface area (Å²) in [5.41, 5.74) is 31.4. The van der Waals surface area contributed by atoms with Crippen LogP contribution in [0.3, 0.4) is 0 Å². The van der Waals surface area contributed by atoms with Crippen LogP contribution in [0.1, 0.15) is 157 Å². The molecule has 0 aliphatic rings. The number of aldehydes is 3. The molecule has 122 heavy (non-hydrogen) atoms. The Morgan fingerprint density at radius 3 is 0.852 bits per heavy atom. The molecular formula is C95H107ClN8O18. The van der Waals surface area contributed by atoms with Crippen LogP contribution in [0.2, 0.25) is 5.15 Å². The van der Waals surface area contributed by atoms with Crippen molar-refractivity contribution in [1.29, 1.82) is 0 Å². The van der Waals surface area contributed by atoms with Crippen LogP contribution in [-0.2, 0) is 67.1 Å². The van der Waals surface area contributed by atoms with Gasteiger partial charge in [0.15, 0.2) is 18.9 Å². The molecule has 0 bridgehead atoms. The van der Waals surface area contributed by atoms with Gasteiger partial charge in [-0.25, -0.2) is 24.9 Å². The number of carbonyl (C=O) groups is 6. The summed E-state index contributed by atoms with van der Waals surface area (Å²) in [6.45, 7) is 24.3. The monoisotopic (exact) mass is 1680 g/mol. The quantitative estimate of drug-likeness (QED) is 0.0130. The van der Waals surface area contributed by atoms with E-state index in [-0.39, 0.29) is 52.1 Å². The van der Waals surface area contributed by atoms with Crippen molar-refractivity contribution < 1.29 is 88.6 Å². The number of nitrogens with zero attached hydrogens (tertiary/aromatic N) is 5. The van der Waals surface area contributed by atoms with Gasteiger partial charge in [-0.1, -0.05) is 133 Å². The highest BCUT2D eigenvalue weighted by Crippen LogP contribution is 2.35. The predicted molar refractivity (Wildman–Crippen MR) is 467 cm³/mol. The first kappa shape index (κ1) is 96.8. The number of hydrogen-bond donors (Lipinski definition) is 11. The van der Waals surface area contributed by atoms with Gasteiger partial charge in [0.25, 0.3) is 0 Å². The summed E-state index contributed by atoms with van der Waals surface area (Å²) in [7, 11) is 0. The van der Waals surface area contributed by atoms with Crippen molar-refractivity contribution in [2.75, 3.05) is 19.6 Å². The van der Waals surface area contributed by atoms with Gasteiger partial charge >= 0.3 is 17.9 Å². The van der Waals surface area contributed by atoms with E-state index in [1.165, 1.54) is 0 Å². The first-order valence-corrected chi connectivity index (χ1v) is 39.7. The molecule has 6 aromatic carbocycles. The van der Waals surface area contributed by atoms with Crippen LogP contribution in [-0.4, -0.2) is 140 Å². The first-order chi connectivity index (χ1) is 58.4. The van der Waals surface area contributed by atoms with Gasteiger partial charge < -0.3 is 76.2 Å². The van der Waals surface area contributed by atoms with E-state index in [0.717, 1.165) is 142 Å². The predicted octanol–water partition coefficient (Wildman–Crippen LogP) is 14.1. The molecule has 0 amide bonds. The second-order valence-electron chi connectivity index (χ2n) is 28.9. The molecule has 3 atom stereocenters. The van der Waals surface area contributed by atoms with Crippen LogP contribution < -0.4 is 35.3 Å². The summed E-state index contributed by atoms with van der Waals surface area (Å²) >= 11 is 5.55. The minimum atomic E-state index is -1.04. The molecule has 11 rings (SSSR count). The second-order valence-corrected chi connectivity index (χ2v) is 29.2. The Kier molecular flexibility index (Phi) is 38.7. The summed E-state index contributed by atoms with van der Waals surface area (Å²) in [4.78, 5) is 85.3. The third-order valence-corrected chi connectivity index (χ3v) is 20.5. The topological polar surface area (TPSA) is 416 Å². The number of aromatic nitrogens is 5. The number of ether oxygens (including phenoxy) is 4. The van der Waals surface area contributed by atoms with E-state index in [9.17, 15) is 49.2 Å². The highest BCUT2D eigenvalue weighted by atomic mass is 35.5. The maximum absolute atomic E-state index is 11.0. The maximum Gasteiger partial charge on any atom is 0.306 e. The number of benzene rings is 6. The zero-order valence-corrected chi connectivity index (χ0v) is 71.1. The van der Waals surface area contributed by atoms with Gasteiger partial charge in [0.1, 0.15) is 31.6 Å². The Bertz CT molecular complexity index is 5110. The molecule has 642 valence electrons. The molecule has 5 aromatic heterocycles. The number of aliphatic carboxylic acids is 3. The van der Waals surface area contributed by atoms with Gasteiger partial charge in [-0.3, -0.25) is 28.8 Å². The van der Waals surface area contributed by atoms with E-state index in [2.05, 4.69) is 99.6 Å². The van der Waals surface area contributed by atoms with Crippen molar-refractivity contribution in [1.82, 2.24) is 35.6 Å². The number of carboxylic acids is 3. The Morgan fingerprint density at radius 2 is 0.607 bits per heavy atom. The lowest BCUT2D eigenvalue weighted by Crippen LogP contribution is -2.28. The number of pyridine rings is 5. The molecule has 11 aromatic rings. The average molecular weight is 1680 g/mol. The Morgan fingerprint density at radius 1 is 0.352 bits per heavy atom. The molecule has 0 saturated carbocycles. The highest BCUT2D eigenvalue weighted by molar-refractivity contribution is 6.29. The van der Waals surface area contributed by atoms with E-state index >= 15 is 0 Å². The van der Waals surface area contributed by atoms with Crippen LogP contribution in [0.4, 0.5) is 0 Å². The van der Waals surface area contributed by atoms with Gasteiger partial charge in [-0.15, -0.1) is 0 Å². The lowest BCUT2D eigenvalue weighted by atomic mass is 9.92.